The van der Waals surface area contributed by atoms with Gasteiger partial charge in [0.1, 0.15) is 0 Å². The predicted octanol–water partition coefficient (Wildman–Crippen LogP) is 9.48. The summed E-state index contributed by atoms with van der Waals surface area (Å²) < 4.78 is 0. The summed E-state index contributed by atoms with van der Waals surface area (Å²) in [6.45, 7) is 0. The predicted molar refractivity (Wildman–Crippen MR) is 135 cm³/mol. The summed E-state index contributed by atoms with van der Waals surface area (Å²) in [5, 5.41) is 2.83. The Kier molecular flexibility index (Phi) is 4.43. The van der Waals surface area contributed by atoms with Gasteiger partial charge in [0, 0.05) is 35.1 Å². The summed E-state index contributed by atoms with van der Waals surface area (Å²) in [5.74, 6) is 3.13. The van der Waals surface area contributed by atoms with Gasteiger partial charge in [0.25, 0.3) is 0 Å². The molecule has 154 valence electrons. The van der Waals surface area contributed by atoms with Crippen LogP contribution in [-0.2, 0) is 0 Å². The van der Waals surface area contributed by atoms with Gasteiger partial charge >= 0.3 is 0 Å². The van der Waals surface area contributed by atoms with Crippen LogP contribution < -0.4 is 0 Å². The van der Waals surface area contributed by atoms with Crippen molar-refractivity contribution in [1.82, 2.24) is 0 Å². The van der Waals surface area contributed by atoms with Crippen LogP contribution in [-0.4, -0.2) is 0 Å². The van der Waals surface area contributed by atoms with E-state index in [0.29, 0.717) is 10.7 Å². The normalized spacial score (nSPS) is 34.6. The van der Waals surface area contributed by atoms with Gasteiger partial charge in [-0.2, -0.15) is 0 Å². The van der Waals surface area contributed by atoms with Crippen LogP contribution in [0.5, 0.6) is 0 Å². The van der Waals surface area contributed by atoms with Crippen molar-refractivity contribution in [2.45, 2.75) is 50.2 Å². The fourth-order valence-electron chi connectivity index (χ4n) is 7.07. The molecule has 3 aromatic rings. The van der Waals surface area contributed by atoms with Gasteiger partial charge in [-0.15, -0.1) is 45.8 Å². The van der Waals surface area contributed by atoms with Crippen molar-refractivity contribution < 1.29 is 0 Å². The lowest BCUT2D eigenvalue weighted by Crippen LogP contribution is -2.46. The van der Waals surface area contributed by atoms with E-state index >= 15 is 0 Å². The maximum atomic E-state index is 2.65. The molecule has 4 bridgehead atoms. The molecular weight excluding hydrogens is 441 g/mol. The van der Waals surface area contributed by atoms with Crippen LogP contribution in [0, 0.1) is 23.2 Å². The first-order valence-electron chi connectivity index (χ1n) is 11.4. The van der Waals surface area contributed by atoms with Crippen LogP contribution in [0.15, 0.2) is 52.8 Å². The molecule has 0 amide bonds. The highest BCUT2D eigenvalue weighted by Gasteiger charge is 2.53. The molecule has 1 unspecified atom stereocenters. The van der Waals surface area contributed by atoms with Crippen LogP contribution in [0.1, 0.15) is 55.1 Å². The molecule has 5 aliphatic rings. The molecule has 4 fully saturated rings. The average Bonchev–Trinajstić information content (AvgIpc) is 3.54. The number of thioether (sulfide) groups is 1. The standard InChI is InChI=1S/C26H26S4/c1-2-19(27-9-1)20-3-4-21(28-20)22-5-6-23(29-22)24-7-8-25(30-24)26-13-16-10-17(14-26)12-18(11-16)15-26/h1-6,8-9,16-18,24H,7,10-15H2. The third-order valence-electron chi connectivity index (χ3n) is 7.90. The van der Waals surface area contributed by atoms with Crippen LogP contribution in [0.2, 0.25) is 0 Å². The van der Waals surface area contributed by atoms with E-state index in [-0.39, 0.29) is 0 Å². The molecule has 3 aromatic heterocycles. The first-order valence-corrected chi connectivity index (χ1v) is 14.7. The lowest BCUT2D eigenvalue weighted by molar-refractivity contribution is -0.0258. The van der Waals surface area contributed by atoms with Crippen molar-refractivity contribution in [2.75, 3.05) is 0 Å². The Morgan fingerprint density at radius 2 is 1.40 bits per heavy atom. The average molecular weight is 467 g/mol. The van der Waals surface area contributed by atoms with Gasteiger partial charge in [-0.25, -0.2) is 0 Å². The van der Waals surface area contributed by atoms with Crippen LogP contribution in [0.3, 0.4) is 0 Å². The Balaban J connectivity index is 1.09. The SMILES string of the molecule is C1=C(C23CC4CC(CC(C4)C2)C3)SC(c2ccc(-c3ccc(-c4cccs4)s3)s2)C1. The van der Waals surface area contributed by atoms with Crippen molar-refractivity contribution in [3.8, 4) is 19.5 Å². The van der Waals surface area contributed by atoms with E-state index in [4.69, 9.17) is 0 Å². The van der Waals surface area contributed by atoms with E-state index in [2.05, 4.69) is 59.6 Å². The first-order chi connectivity index (χ1) is 14.7. The van der Waals surface area contributed by atoms with Crippen molar-refractivity contribution >= 4 is 45.8 Å². The molecule has 0 saturated heterocycles. The van der Waals surface area contributed by atoms with Crippen LogP contribution in [0.25, 0.3) is 19.5 Å². The maximum absolute atomic E-state index is 2.65. The van der Waals surface area contributed by atoms with Crippen molar-refractivity contribution in [1.29, 1.82) is 0 Å². The lowest BCUT2D eigenvalue weighted by atomic mass is 9.49. The largest absolute Gasteiger partial charge is 0.143 e. The molecule has 4 heteroatoms. The second-order valence-corrected chi connectivity index (χ2v) is 14.3. The van der Waals surface area contributed by atoms with E-state index in [9.17, 15) is 0 Å². The summed E-state index contributed by atoms with van der Waals surface area (Å²) >= 11 is 8.05. The Bertz CT molecular complexity index is 1060. The molecule has 8 rings (SSSR count). The number of hydrogen-bond acceptors (Lipinski definition) is 4. The topological polar surface area (TPSA) is 0 Å². The van der Waals surface area contributed by atoms with Crippen molar-refractivity contribution in [2.24, 2.45) is 23.2 Å². The molecule has 1 aliphatic heterocycles. The highest BCUT2D eigenvalue weighted by molar-refractivity contribution is 8.03. The molecule has 0 aromatic carbocycles. The second-order valence-electron chi connectivity index (χ2n) is 9.95. The van der Waals surface area contributed by atoms with E-state index < -0.39 is 0 Å². The molecule has 0 radical (unpaired) electrons. The van der Waals surface area contributed by atoms with Gasteiger partial charge in [-0.1, -0.05) is 12.1 Å². The summed E-state index contributed by atoms with van der Waals surface area (Å²) in [6.07, 6.45) is 13.0. The monoisotopic (exact) mass is 466 g/mol. The third-order valence-corrected chi connectivity index (χ3v) is 13.2. The molecule has 0 N–H and O–H groups in total. The zero-order valence-corrected chi connectivity index (χ0v) is 20.3. The molecule has 4 heterocycles. The zero-order chi connectivity index (χ0) is 19.7. The first kappa shape index (κ1) is 18.7. The van der Waals surface area contributed by atoms with Gasteiger partial charge < -0.3 is 0 Å². The summed E-state index contributed by atoms with van der Waals surface area (Å²) in [7, 11) is 0. The minimum Gasteiger partial charge on any atom is -0.143 e. The number of rotatable bonds is 4. The quantitative estimate of drug-likeness (QED) is 0.369. The van der Waals surface area contributed by atoms with Crippen molar-refractivity contribution in [3.05, 3.63) is 57.6 Å². The Labute approximate surface area is 195 Å². The van der Waals surface area contributed by atoms with Gasteiger partial charge in [0.15, 0.2) is 0 Å². The second kappa shape index (κ2) is 7.10. The van der Waals surface area contributed by atoms with E-state index in [1.165, 1.54) is 45.2 Å². The maximum Gasteiger partial charge on any atom is 0.0470 e. The number of hydrogen-bond donors (Lipinski definition) is 0. The molecule has 30 heavy (non-hydrogen) atoms. The molecule has 0 spiro atoms. The van der Waals surface area contributed by atoms with Gasteiger partial charge in [0.05, 0.1) is 0 Å². The molecular formula is C26H26S4. The smallest absolute Gasteiger partial charge is 0.0470 e. The summed E-state index contributed by atoms with van der Waals surface area (Å²) in [6, 6.07) is 13.8. The highest BCUT2D eigenvalue weighted by atomic mass is 32.2. The third kappa shape index (κ3) is 3.05. The Hall–Kier alpha value is -0.810. The van der Waals surface area contributed by atoms with Gasteiger partial charge in [-0.3, -0.25) is 0 Å². The van der Waals surface area contributed by atoms with Gasteiger partial charge in [0.2, 0.25) is 0 Å². The summed E-state index contributed by atoms with van der Waals surface area (Å²) in [5.41, 5.74) is 0.581. The number of thiophene rings is 3. The minimum absolute atomic E-state index is 0.581. The van der Waals surface area contributed by atoms with E-state index in [1.807, 2.05) is 34.0 Å². The Morgan fingerprint density at radius 3 is 2.10 bits per heavy atom. The fourth-order valence-corrected chi connectivity index (χ4v) is 11.7. The van der Waals surface area contributed by atoms with E-state index in [0.717, 1.165) is 17.8 Å². The molecule has 1 atom stereocenters. The molecule has 4 saturated carbocycles. The zero-order valence-electron chi connectivity index (χ0n) is 17.0. The fraction of sp³-hybridized carbons (Fsp3) is 0.462. The molecule has 0 nitrogen and oxygen atoms in total. The highest BCUT2D eigenvalue weighted by Crippen LogP contribution is 2.67. The molecule has 4 aliphatic carbocycles. The van der Waals surface area contributed by atoms with Crippen LogP contribution >= 0.6 is 45.8 Å². The Morgan fingerprint density at radius 1 is 0.733 bits per heavy atom. The number of allylic oxidation sites excluding steroid dienone is 2. The lowest BCUT2D eigenvalue weighted by Gasteiger charge is -2.57. The summed E-state index contributed by atoms with van der Waals surface area (Å²) in [4.78, 5) is 9.03. The minimum atomic E-state index is 0.581. The van der Waals surface area contributed by atoms with Gasteiger partial charge in [-0.05, 0) is 103 Å². The van der Waals surface area contributed by atoms with E-state index in [1.54, 1.807) is 29.0 Å². The van der Waals surface area contributed by atoms with Crippen molar-refractivity contribution in [3.63, 3.8) is 0 Å². The van der Waals surface area contributed by atoms with Crippen LogP contribution in [0.4, 0.5) is 0 Å².